The van der Waals surface area contributed by atoms with Gasteiger partial charge in [0.25, 0.3) is 0 Å². The Kier molecular flexibility index (Phi) is 7.08. The molecule has 1 heterocycles. The predicted octanol–water partition coefficient (Wildman–Crippen LogP) is 5.42. The SMILES string of the molecule is CC(C)(C)OC(=O)N1CCC[C@H](COc2ccccc2OC2CCCCC2)C1. The maximum atomic E-state index is 12.4. The van der Waals surface area contributed by atoms with Gasteiger partial charge in [-0.15, -0.1) is 0 Å². The lowest BCUT2D eigenvalue weighted by atomic mass is 9.98. The summed E-state index contributed by atoms with van der Waals surface area (Å²) in [5, 5.41) is 0. The highest BCUT2D eigenvalue weighted by atomic mass is 16.6. The summed E-state index contributed by atoms with van der Waals surface area (Å²) < 4.78 is 17.9. The zero-order chi connectivity index (χ0) is 20.0. The molecule has 0 N–H and O–H groups in total. The van der Waals surface area contributed by atoms with Gasteiger partial charge in [0.2, 0.25) is 0 Å². The first-order valence-corrected chi connectivity index (χ1v) is 10.8. The van der Waals surface area contributed by atoms with Crippen LogP contribution in [-0.2, 0) is 4.74 Å². The normalized spacial score (nSPS) is 21.2. The van der Waals surface area contributed by atoms with E-state index in [1.807, 2.05) is 49.9 Å². The number of hydrogen-bond donors (Lipinski definition) is 0. The van der Waals surface area contributed by atoms with Crippen LogP contribution in [0.2, 0.25) is 0 Å². The van der Waals surface area contributed by atoms with Gasteiger partial charge in [-0.3, -0.25) is 0 Å². The highest BCUT2D eigenvalue weighted by Gasteiger charge is 2.28. The number of rotatable bonds is 5. The van der Waals surface area contributed by atoms with Crippen LogP contribution in [0.3, 0.4) is 0 Å². The summed E-state index contributed by atoms with van der Waals surface area (Å²) in [6.07, 6.45) is 8.18. The van der Waals surface area contributed by atoms with Crippen molar-refractivity contribution in [2.75, 3.05) is 19.7 Å². The second kappa shape index (κ2) is 9.53. The van der Waals surface area contributed by atoms with E-state index in [0.29, 0.717) is 25.2 Å². The van der Waals surface area contributed by atoms with Gasteiger partial charge in [-0.05, 0) is 71.4 Å². The van der Waals surface area contributed by atoms with Gasteiger partial charge in [0.15, 0.2) is 11.5 Å². The largest absolute Gasteiger partial charge is 0.489 e. The van der Waals surface area contributed by atoms with E-state index in [4.69, 9.17) is 14.2 Å². The minimum absolute atomic E-state index is 0.224. The van der Waals surface area contributed by atoms with E-state index in [-0.39, 0.29) is 6.09 Å². The molecule has 1 aliphatic carbocycles. The van der Waals surface area contributed by atoms with Crippen LogP contribution in [0.4, 0.5) is 4.79 Å². The zero-order valence-electron chi connectivity index (χ0n) is 17.6. The van der Waals surface area contributed by atoms with E-state index in [1.54, 1.807) is 0 Å². The minimum atomic E-state index is -0.462. The zero-order valence-corrected chi connectivity index (χ0v) is 17.6. The molecule has 1 aromatic carbocycles. The number of benzene rings is 1. The van der Waals surface area contributed by atoms with Crippen molar-refractivity contribution in [1.82, 2.24) is 4.90 Å². The topological polar surface area (TPSA) is 48.0 Å². The van der Waals surface area contributed by atoms with E-state index >= 15 is 0 Å². The summed E-state index contributed by atoms with van der Waals surface area (Å²) in [4.78, 5) is 14.2. The van der Waals surface area contributed by atoms with E-state index in [9.17, 15) is 4.79 Å². The number of amides is 1. The van der Waals surface area contributed by atoms with Gasteiger partial charge in [-0.2, -0.15) is 0 Å². The standard InChI is InChI=1S/C23H35NO4/c1-23(2,3)28-22(25)24-15-9-10-18(16-24)17-26-20-13-7-8-14-21(20)27-19-11-5-4-6-12-19/h7-8,13-14,18-19H,4-6,9-12,15-17H2,1-3H3/t18-/m0/s1. The fraction of sp³-hybridized carbons (Fsp3) is 0.696. The van der Waals surface area contributed by atoms with Crippen molar-refractivity contribution in [2.24, 2.45) is 5.92 Å². The Balaban J connectivity index is 1.53. The molecule has 5 nitrogen and oxygen atoms in total. The Labute approximate surface area is 169 Å². The highest BCUT2D eigenvalue weighted by molar-refractivity contribution is 5.68. The Bertz CT molecular complexity index is 634. The molecule has 0 bridgehead atoms. The van der Waals surface area contributed by atoms with Crippen LogP contribution in [0.25, 0.3) is 0 Å². The van der Waals surface area contributed by atoms with E-state index in [1.165, 1.54) is 19.3 Å². The maximum Gasteiger partial charge on any atom is 0.410 e. The monoisotopic (exact) mass is 389 g/mol. The Hall–Kier alpha value is -1.91. The van der Waals surface area contributed by atoms with Crippen LogP contribution in [-0.4, -0.2) is 42.4 Å². The van der Waals surface area contributed by atoms with Gasteiger partial charge in [0, 0.05) is 19.0 Å². The number of carbonyl (C=O) groups is 1. The Morgan fingerprint density at radius 1 is 1.04 bits per heavy atom. The molecule has 5 heteroatoms. The molecule has 0 spiro atoms. The lowest BCUT2D eigenvalue weighted by Gasteiger charge is -2.34. The molecule has 1 saturated heterocycles. The lowest BCUT2D eigenvalue weighted by Crippen LogP contribution is -2.44. The van der Waals surface area contributed by atoms with Gasteiger partial charge in [0.05, 0.1) is 12.7 Å². The molecule has 0 radical (unpaired) electrons. The molecule has 156 valence electrons. The Morgan fingerprint density at radius 3 is 2.46 bits per heavy atom. The predicted molar refractivity (Wildman–Crippen MR) is 110 cm³/mol. The first-order chi connectivity index (χ1) is 13.4. The molecule has 1 atom stereocenters. The molecular weight excluding hydrogens is 354 g/mol. The third kappa shape index (κ3) is 6.32. The average molecular weight is 390 g/mol. The van der Waals surface area contributed by atoms with Crippen molar-refractivity contribution in [2.45, 2.75) is 77.4 Å². The molecule has 1 amide bonds. The molecular formula is C23H35NO4. The quantitative estimate of drug-likeness (QED) is 0.674. The van der Waals surface area contributed by atoms with Gasteiger partial charge in [-0.25, -0.2) is 4.79 Å². The number of likely N-dealkylation sites (tertiary alicyclic amines) is 1. The third-order valence-electron chi connectivity index (χ3n) is 5.34. The molecule has 28 heavy (non-hydrogen) atoms. The third-order valence-corrected chi connectivity index (χ3v) is 5.34. The molecule has 0 aromatic heterocycles. The lowest BCUT2D eigenvalue weighted by molar-refractivity contribution is 0.0137. The van der Waals surface area contributed by atoms with E-state index in [2.05, 4.69) is 0 Å². The first-order valence-electron chi connectivity index (χ1n) is 10.8. The van der Waals surface area contributed by atoms with Crippen LogP contribution in [0.5, 0.6) is 11.5 Å². The summed E-state index contributed by atoms with van der Waals surface area (Å²) in [6.45, 7) is 7.73. The van der Waals surface area contributed by atoms with Crippen molar-refractivity contribution < 1.29 is 19.0 Å². The maximum absolute atomic E-state index is 12.4. The molecule has 1 aromatic rings. The van der Waals surface area contributed by atoms with Crippen molar-refractivity contribution in [3.05, 3.63) is 24.3 Å². The molecule has 3 rings (SSSR count). The number of piperidine rings is 1. The first kappa shape index (κ1) is 20.8. The Morgan fingerprint density at radius 2 is 1.75 bits per heavy atom. The number of para-hydroxylation sites is 2. The minimum Gasteiger partial charge on any atom is -0.489 e. The van der Waals surface area contributed by atoms with E-state index < -0.39 is 5.60 Å². The van der Waals surface area contributed by atoms with Crippen LogP contribution in [0.15, 0.2) is 24.3 Å². The molecule has 1 saturated carbocycles. The van der Waals surface area contributed by atoms with Gasteiger partial charge >= 0.3 is 6.09 Å². The highest BCUT2D eigenvalue weighted by Crippen LogP contribution is 2.31. The smallest absolute Gasteiger partial charge is 0.410 e. The summed E-state index contributed by atoms with van der Waals surface area (Å²) in [6, 6.07) is 7.96. The number of carbonyl (C=O) groups excluding carboxylic acids is 1. The fourth-order valence-corrected chi connectivity index (χ4v) is 3.93. The van der Waals surface area contributed by atoms with E-state index in [0.717, 1.165) is 43.7 Å². The van der Waals surface area contributed by atoms with Crippen molar-refractivity contribution in [1.29, 1.82) is 0 Å². The second-order valence-electron chi connectivity index (χ2n) is 9.07. The fourth-order valence-electron chi connectivity index (χ4n) is 3.93. The van der Waals surface area contributed by atoms with Crippen LogP contribution >= 0.6 is 0 Å². The summed E-state index contributed by atoms with van der Waals surface area (Å²) in [7, 11) is 0. The van der Waals surface area contributed by atoms with Crippen molar-refractivity contribution in [3.63, 3.8) is 0 Å². The van der Waals surface area contributed by atoms with Crippen molar-refractivity contribution >= 4 is 6.09 Å². The van der Waals surface area contributed by atoms with Gasteiger partial charge in [0.1, 0.15) is 5.60 Å². The number of hydrogen-bond acceptors (Lipinski definition) is 4. The van der Waals surface area contributed by atoms with Gasteiger partial charge in [-0.1, -0.05) is 18.6 Å². The molecule has 1 aliphatic heterocycles. The van der Waals surface area contributed by atoms with Gasteiger partial charge < -0.3 is 19.1 Å². The van der Waals surface area contributed by atoms with Crippen molar-refractivity contribution in [3.8, 4) is 11.5 Å². The number of nitrogens with zero attached hydrogens (tertiary/aromatic N) is 1. The molecule has 0 unspecified atom stereocenters. The molecule has 2 aliphatic rings. The summed E-state index contributed by atoms with van der Waals surface area (Å²) in [5.41, 5.74) is -0.462. The summed E-state index contributed by atoms with van der Waals surface area (Å²) >= 11 is 0. The second-order valence-corrected chi connectivity index (χ2v) is 9.07. The number of ether oxygens (including phenoxy) is 3. The van der Waals surface area contributed by atoms with Crippen LogP contribution in [0, 0.1) is 5.92 Å². The molecule has 2 fully saturated rings. The summed E-state index contributed by atoms with van der Waals surface area (Å²) in [5.74, 6) is 1.96. The van der Waals surface area contributed by atoms with Crippen LogP contribution in [0.1, 0.15) is 65.7 Å². The van der Waals surface area contributed by atoms with Crippen LogP contribution < -0.4 is 9.47 Å². The average Bonchev–Trinajstić information content (AvgIpc) is 2.67.